The van der Waals surface area contributed by atoms with E-state index >= 15 is 0 Å². The molecule has 19 heavy (non-hydrogen) atoms. The van der Waals surface area contributed by atoms with Crippen LogP contribution in [0.5, 0.6) is 0 Å². The van der Waals surface area contributed by atoms with Crippen LogP contribution in [0.3, 0.4) is 0 Å². The van der Waals surface area contributed by atoms with Crippen molar-refractivity contribution in [2.45, 2.75) is 20.3 Å². The summed E-state index contributed by atoms with van der Waals surface area (Å²) in [6.45, 7) is 8.80. The second kappa shape index (κ2) is 7.10. The highest BCUT2D eigenvalue weighted by Gasteiger charge is 2.02. The van der Waals surface area contributed by atoms with Crippen LogP contribution in [-0.4, -0.2) is 36.1 Å². The van der Waals surface area contributed by atoms with E-state index in [0.29, 0.717) is 0 Å². The minimum atomic E-state index is 0.974. The monoisotopic (exact) mass is 257 g/mol. The maximum atomic E-state index is 4.38. The minimum absolute atomic E-state index is 0.974. The Labute approximate surface area is 115 Å². The van der Waals surface area contributed by atoms with Crippen molar-refractivity contribution in [2.75, 3.05) is 31.5 Å². The van der Waals surface area contributed by atoms with Gasteiger partial charge in [-0.2, -0.15) is 0 Å². The van der Waals surface area contributed by atoms with Gasteiger partial charge >= 0.3 is 0 Å². The van der Waals surface area contributed by atoms with Gasteiger partial charge in [-0.1, -0.05) is 32.0 Å². The molecule has 2 aromatic rings. The number of hydrogen-bond acceptors (Lipinski definition) is 3. The molecule has 0 saturated heterocycles. The minimum Gasteiger partial charge on any atom is -0.383 e. The van der Waals surface area contributed by atoms with E-state index in [9.17, 15) is 0 Å². The van der Waals surface area contributed by atoms with E-state index < -0.39 is 0 Å². The number of anilines is 1. The highest BCUT2D eigenvalue weighted by atomic mass is 15.1. The molecule has 0 aliphatic carbocycles. The number of rotatable bonds is 7. The van der Waals surface area contributed by atoms with Gasteiger partial charge in [0.1, 0.15) is 0 Å². The van der Waals surface area contributed by atoms with Crippen LogP contribution in [0.25, 0.3) is 10.9 Å². The van der Waals surface area contributed by atoms with E-state index in [2.05, 4.69) is 53.3 Å². The Morgan fingerprint density at radius 3 is 2.74 bits per heavy atom. The van der Waals surface area contributed by atoms with Crippen LogP contribution < -0.4 is 5.32 Å². The Bertz CT molecular complexity index is 505. The van der Waals surface area contributed by atoms with E-state index in [1.54, 1.807) is 0 Å². The number of nitrogens with zero attached hydrogens (tertiary/aromatic N) is 2. The van der Waals surface area contributed by atoms with Crippen molar-refractivity contribution in [3.05, 3.63) is 36.5 Å². The van der Waals surface area contributed by atoms with Gasteiger partial charge in [0.05, 0.1) is 5.52 Å². The molecule has 0 saturated carbocycles. The van der Waals surface area contributed by atoms with Crippen LogP contribution >= 0.6 is 0 Å². The number of fused-ring (bicyclic) bond motifs is 1. The third kappa shape index (κ3) is 3.67. The van der Waals surface area contributed by atoms with Gasteiger partial charge in [-0.15, -0.1) is 0 Å². The molecule has 3 heteroatoms. The summed E-state index contributed by atoms with van der Waals surface area (Å²) in [5, 5.41) is 4.73. The molecule has 1 aromatic carbocycles. The number of aromatic nitrogens is 1. The Hall–Kier alpha value is -1.61. The molecule has 1 heterocycles. The van der Waals surface area contributed by atoms with E-state index in [4.69, 9.17) is 0 Å². The van der Waals surface area contributed by atoms with Crippen LogP contribution in [0.4, 0.5) is 5.69 Å². The smallest absolute Gasteiger partial charge is 0.0722 e. The lowest BCUT2D eigenvalue weighted by Crippen LogP contribution is -2.29. The Morgan fingerprint density at radius 1 is 1.11 bits per heavy atom. The first-order valence-corrected chi connectivity index (χ1v) is 7.15. The molecule has 1 aromatic heterocycles. The number of nitrogens with one attached hydrogen (secondary N) is 1. The fourth-order valence-corrected chi connectivity index (χ4v) is 2.34. The lowest BCUT2D eigenvalue weighted by Gasteiger charge is -2.20. The summed E-state index contributed by atoms with van der Waals surface area (Å²) in [5.41, 5.74) is 2.23. The van der Waals surface area contributed by atoms with Crippen LogP contribution in [0.15, 0.2) is 36.5 Å². The van der Waals surface area contributed by atoms with Crippen molar-refractivity contribution >= 4 is 16.6 Å². The molecule has 0 amide bonds. The van der Waals surface area contributed by atoms with Gasteiger partial charge in [0.2, 0.25) is 0 Å². The van der Waals surface area contributed by atoms with E-state index in [-0.39, 0.29) is 0 Å². The van der Waals surface area contributed by atoms with Gasteiger partial charge in [0.15, 0.2) is 0 Å². The zero-order chi connectivity index (χ0) is 13.5. The van der Waals surface area contributed by atoms with E-state index in [1.165, 1.54) is 24.0 Å². The molecule has 3 nitrogen and oxygen atoms in total. The molecule has 0 unspecified atom stereocenters. The molecule has 102 valence electrons. The summed E-state index contributed by atoms with van der Waals surface area (Å²) in [7, 11) is 0. The zero-order valence-corrected chi connectivity index (χ0v) is 11.9. The predicted molar refractivity (Wildman–Crippen MR) is 82.6 cm³/mol. The highest BCUT2D eigenvalue weighted by Crippen LogP contribution is 2.20. The van der Waals surface area contributed by atoms with E-state index in [0.717, 1.165) is 25.2 Å². The van der Waals surface area contributed by atoms with Gasteiger partial charge in [0.25, 0.3) is 0 Å². The quantitative estimate of drug-likeness (QED) is 0.824. The molecular formula is C16H23N3. The molecule has 0 radical (unpaired) electrons. The van der Waals surface area contributed by atoms with E-state index in [1.807, 2.05) is 12.3 Å². The fraction of sp³-hybridized carbons (Fsp3) is 0.438. The molecule has 0 aliphatic rings. The first-order chi connectivity index (χ1) is 9.35. The maximum absolute atomic E-state index is 4.38. The fourth-order valence-electron chi connectivity index (χ4n) is 2.34. The first kappa shape index (κ1) is 13.8. The summed E-state index contributed by atoms with van der Waals surface area (Å²) >= 11 is 0. The second-order valence-electron chi connectivity index (χ2n) is 4.74. The maximum Gasteiger partial charge on any atom is 0.0722 e. The van der Waals surface area contributed by atoms with Crippen molar-refractivity contribution in [1.29, 1.82) is 0 Å². The SMILES string of the molecule is CCCN(CC)CCNc1ccnc2ccccc12. The normalized spacial score (nSPS) is 11.1. The standard InChI is InChI=1S/C16H23N3/c1-3-12-19(4-2)13-11-18-16-9-10-17-15-8-6-5-7-14(15)16/h5-10H,3-4,11-13H2,1-2H3,(H,17,18). The average Bonchev–Trinajstić information content (AvgIpc) is 2.46. The van der Waals surface area contributed by atoms with Crippen LogP contribution in [-0.2, 0) is 0 Å². The van der Waals surface area contributed by atoms with Crippen LogP contribution in [0.2, 0.25) is 0 Å². The van der Waals surface area contributed by atoms with Crippen molar-refractivity contribution in [3.8, 4) is 0 Å². The van der Waals surface area contributed by atoms with Crippen molar-refractivity contribution in [3.63, 3.8) is 0 Å². The molecule has 2 rings (SSSR count). The molecule has 1 N–H and O–H groups in total. The third-order valence-corrected chi connectivity index (χ3v) is 3.38. The summed E-state index contributed by atoms with van der Waals surface area (Å²) in [4.78, 5) is 6.85. The summed E-state index contributed by atoms with van der Waals surface area (Å²) in [6, 6.07) is 10.3. The van der Waals surface area contributed by atoms with Crippen molar-refractivity contribution in [1.82, 2.24) is 9.88 Å². The Morgan fingerprint density at radius 2 is 1.95 bits per heavy atom. The Kier molecular flexibility index (Phi) is 5.16. The lowest BCUT2D eigenvalue weighted by molar-refractivity contribution is 0.300. The molecule has 0 bridgehead atoms. The lowest BCUT2D eigenvalue weighted by atomic mass is 10.2. The first-order valence-electron chi connectivity index (χ1n) is 7.15. The molecule has 0 atom stereocenters. The number of benzene rings is 1. The summed E-state index contributed by atoms with van der Waals surface area (Å²) < 4.78 is 0. The number of pyridine rings is 1. The predicted octanol–water partition coefficient (Wildman–Crippen LogP) is 3.38. The molecule has 0 fully saturated rings. The molecule has 0 spiro atoms. The Balaban J connectivity index is 1.98. The second-order valence-corrected chi connectivity index (χ2v) is 4.74. The van der Waals surface area contributed by atoms with Crippen molar-refractivity contribution < 1.29 is 0 Å². The van der Waals surface area contributed by atoms with Gasteiger partial charge in [-0.05, 0) is 31.6 Å². The largest absolute Gasteiger partial charge is 0.383 e. The van der Waals surface area contributed by atoms with Gasteiger partial charge < -0.3 is 10.2 Å². The highest BCUT2D eigenvalue weighted by molar-refractivity contribution is 5.90. The average molecular weight is 257 g/mol. The topological polar surface area (TPSA) is 28.2 Å². The van der Waals surface area contributed by atoms with Crippen LogP contribution in [0.1, 0.15) is 20.3 Å². The third-order valence-electron chi connectivity index (χ3n) is 3.38. The van der Waals surface area contributed by atoms with Gasteiger partial charge in [-0.3, -0.25) is 4.98 Å². The molecular weight excluding hydrogens is 234 g/mol. The number of para-hydroxylation sites is 1. The number of likely N-dealkylation sites (N-methyl/N-ethyl adjacent to an activating group) is 1. The summed E-state index contributed by atoms with van der Waals surface area (Å²) in [6.07, 6.45) is 3.08. The van der Waals surface area contributed by atoms with Gasteiger partial charge in [0, 0.05) is 30.4 Å². The van der Waals surface area contributed by atoms with Crippen LogP contribution in [0, 0.1) is 0 Å². The number of hydrogen-bond donors (Lipinski definition) is 1. The zero-order valence-electron chi connectivity index (χ0n) is 11.9. The van der Waals surface area contributed by atoms with Crippen molar-refractivity contribution in [2.24, 2.45) is 0 Å². The molecule has 0 aliphatic heterocycles. The van der Waals surface area contributed by atoms with Gasteiger partial charge in [-0.25, -0.2) is 0 Å². The summed E-state index contributed by atoms with van der Waals surface area (Å²) in [5.74, 6) is 0.